The predicted molar refractivity (Wildman–Crippen MR) is 107 cm³/mol. The van der Waals surface area contributed by atoms with E-state index in [1.807, 2.05) is 0 Å². The van der Waals surface area contributed by atoms with Gasteiger partial charge in [0.05, 0.1) is 12.2 Å². The Balaban J connectivity index is 2.15. The first-order valence-corrected chi connectivity index (χ1v) is 11.1. The molecule has 2 rings (SSSR count). The number of rotatable bonds is 9. The maximum atomic E-state index is 12.2. The number of carbonyl (C=O) groups is 1. The molecule has 0 saturated heterocycles. The molecule has 0 radical (unpaired) electrons. The van der Waals surface area contributed by atoms with Crippen LogP contribution in [0.3, 0.4) is 0 Å². The molecule has 2 saturated carbocycles. The van der Waals surface area contributed by atoms with Crippen LogP contribution < -0.4 is 0 Å². The minimum absolute atomic E-state index is 0.135. The van der Waals surface area contributed by atoms with Gasteiger partial charge in [0.1, 0.15) is 5.78 Å². The van der Waals surface area contributed by atoms with Gasteiger partial charge in [-0.15, -0.1) is 0 Å². The molecule has 0 spiro atoms. The van der Waals surface area contributed by atoms with Crippen molar-refractivity contribution in [1.82, 2.24) is 0 Å². The Morgan fingerprint density at radius 3 is 1.65 bits per heavy atom. The SMILES string of the molecule is CCC(C)(CC(C)(C)C(C)=O)C(OC1CCCCC1)OC1CCCCC1. The number of carbonyl (C=O) groups excluding carboxylic acids is 1. The van der Waals surface area contributed by atoms with Crippen molar-refractivity contribution in [1.29, 1.82) is 0 Å². The highest BCUT2D eigenvalue weighted by Crippen LogP contribution is 2.43. The molecule has 0 bridgehead atoms. The van der Waals surface area contributed by atoms with Crippen molar-refractivity contribution in [2.45, 2.75) is 130 Å². The first-order valence-electron chi connectivity index (χ1n) is 11.1. The highest BCUT2D eigenvalue weighted by molar-refractivity contribution is 5.81. The van der Waals surface area contributed by atoms with Crippen molar-refractivity contribution in [2.75, 3.05) is 0 Å². The zero-order valence-electron chi connectivity index (χ0n) is 17.9. The second-order valence-electron chi connectivity index (χ2n) is 9.75. The summed E-state index contributed by atoms with van der Waals surface area (Å²) >= 11 is 0. The highest BCUT2D eigenvalue weighted by Gasteiger charge is 2.43. The van der Waals surface area contributed by atoms with Gasteiger partial charge in [0, 0.05) is 10.8 Å². The summed E-state index contributed by atoms with van der Waals surface area (Å²) in [4.78, 5) is 12.2. The van der Waals surface area contributed by atoms with E-state index >= 15 is 0 Å². The van der Waals surface area contributed by atoms with Gasteiger partial charge < -0.3 is 9.47 Å². The van der Waals surface area contributed by atoms with Gasteiger partial charge in [-0.25, -0.2) is 0 Å². The number of hydrogen-bond acceptors (Lipinski definition) is 3. The summed E-state index contributed by atoms with van der Waals surface area (Å²) in [6.07, 6.45) is 14.6. The summed E-state index contributed by atoms with van der Waals surface area (Å²) in [6.45, 7) is 10.4. The molecular weight excluding hydrogens is 324 g/mol. The van der Waals surface area contributed by atoms with Crippen molar-refractivity contribution < 1.29 is 14.3 Å². The van der Waals surface area contributed by atoms with Crippen LogP contribution in [-0.4, -0.2) is 24.3 Å². The Kier molecular flexibility index (Phi) is 8.15. The largest absolute Gasteiger partial charge is 0.349 e. The van der Waals surface area contributed by atoms with Gasteiger partial charge in [-0.05, 0) is 45.4 Å². The highest BCUT2D eigenvalue weighted by atomic mass is 16.7. The van der Waals surface area contributed by atoms with E-state index in [9.17, 15) is 4.79 Å². The molecule has 3 nitrogen and oxygen atoms in total. The van der Waals surface area contributed by atoms with Gasteiger partial charge >= 0.3 is 0 Å². The predicted octanol–water partition coefficient (Wildman–Crippen LogP) is 6.43. The maximum Gasteiger partial charge on any atom is 0.163 e. The molecule has 2 aliphatic rings. The summed E-state index contributed by atoms with van der Waals surface area (Å²) in [7, 11) is 0. The van der Waals surface area contributed by atoms with Gasteiger partial charge in [0.15, 0.2) is 6.29 Å². The van der Waals surface area contributed by atoms with Crippen molar-refractivity contribution in [3.63, 3.8) is 0 Å². The normalized spacial score (nSPS) is 23.2. The average Bonchev–Trinajstić information content (AvgIpc) is 2.62. The van der Waals surface area contributed by atoms with Crippen molar-refractivity contribution in [3.05, 3.63) is 0 Å². The summed E-state index contributed by atoms with van der Waals surface area (Å²) in [5, 5.41) is 0. The Hall–Kier alpha value is -0.410. The van der Waals surface area contributed by atoms with Crippen LogP contribution in [-0.2, 0) is 14.3 Å². The third kappa shape index (κ3) is 6.05. The first kappa shape index (κ1) is 21.9. The summed E-state index contributed by atoms with van der Waals surface area (Å²) < 4.78 is 13.3. The van der Waals surface area contributed by atoms with Crippen LogP contribution in [0.1, 0.15) is 112 Å². The van der Waals surface area contributed by atoms with Crippen LogP contribution in [0, 0.1) is 10.8 Å². The lowest BCUT2D eigenvalue weighted by molar-refractivity contribution is -0.258. The molecule has 2 aliphatic carbocycles. The zero-order chi connectivity index (χ0) is 19.2. The zero-order valence-corrected chi connectivity index (χ0v) is 17.9. The van der Waals surface area contributed by atoms with Gasteiger partial charge in [0.2, 0.25) is 0 Å². The lowest BCUT2D eigenvalue weighted by Crippen LogP contribution is -2.45. The van der Waals surface area contributed by atoms with Crippen LogP contribution in [0.5, 0.6) is 0 Å². The third-order valence-electron chi connectivity index (χ3n) is 6.91. The van der Waals surface area contributed by atoms with Crippen LogP contribution in [0.2, 0.25) is 0 Å². The molecule has 1 unspecified atom stereocenters. The van der Waals surface area contributed by atoms with Crippen molar-refractivity contribution in [3.8, 4) is 0 Å². The standard InChI is InChI=1S/C23H42O3/c1-6-23(5,17-22(3,4)18(2)24)21(25-19-13-9-7-10-14-19)26-20-15-11-8-12-16-20/h19-21H,6-17H2,1-5H3. The van der Waals surface area contributed by atoms with E-state index < -0.39 is 0 Å². The van der Waals surface area contributed by atoms with Crippen LogP contribution in [0.4, 0.5) is 0 Å². The van der Waals surface area contributed by atoms with E-state index in [1.54, 1.807) is 6.92 Å². The molecule has 2 fully saturated rings. The summed E-state index contributed by atoms with van der Waals surface area (Å²) in [6, 6.07) is 0. The van der Waals surface area contributed by atoms with E-state index in [0.717, 1.165) is 38.5 Å². The second kappa shape index (κ2) is 9.68. The Labute approximate surface area is 161 Å². The smallest absolute Gasteiger partial charge is 0.163 e. The van der Waals surface area contributed by atoms with Gasteiger partial charge in [-0.1, -0.05) is 66.2 Å². The van der Waals surface area contributed by atoms with Crippen LogP contribution in [0.25, 0.3) is 0 Å². The van der Waals surface area contributed by atoms with E-state index in [-0.39, 0.29) is 22.9 Å². The number of hydrogen-bond donors (Lipinski definition) is 0. The van der Waals surface area contributed by atoms with E-state index in [0.29, 0.717) is 12.2 Å². The molecule has 0 aromatic carbocycles. The molecule has 152 valence electrons. The Bertz CT molecular complexity index is 413. The molecule has 0 aliphatic heterocycles. The molecule has 0 heterocycles. The molecule has 1 atom stereocenters. The molecular formula is C23H42O3. The Morgan fingerprint density at radius 1 is 0.885 bits per heavy atom. The van der Waals surface area contributed by atoms with Crippen LogP contribution in [0.15, 0.2) is 0 Å². The van der Waals surface area contributed by atoms with Gasteiger partial charge in [-0.3, -0.25) is 4.79 Å². The monoisotopic (exact) mass is 366 g/mol. The number of Topliss-reactive ketones (excluding diaryl/α,β-unsaturated/α-hetero) is 1. The number of ether oxygens (including phenoxy) is 2. The van der Waals surface area contributed by atoms with E-state index in [1.165, 1.54) is 38.5 Å². The molecule has 3 heteroatoms. The van der Waals surface area contributed by atoms with Gasteiger partial charge in [-0.2, -0.15) is 0 Å². The number of ketones is 1. The fraction of sp³-hybridized carbons (Fsp3) is 0.957. The molecule has 26 heavy (non-hydrogen) atoms. The first-order chi connectivity index (χ1) is 12.3. The van der Waals surface area contributed by atoms with Gasteiger partial charge in [0.25, 0.3) is 0 Å². The Morgan fingerprint density at radius 2 is 1.31 bits per heavy atom. The average molecular weight is 367 g/mol. The molecule has 0 N–H and O–H groups in total. The maximum absolute atomic E-state index is 12.2. The lowest BCUT2D eigenvalue weighted by Gasteiger charge is -2.44. The topological polar surface area (TPSA) is 35.5 Å². The fourth-order valence-electron chi connectivity index (χ4n) is 4.62. The molecule has 0 aromatic heterocycles. The molecule has 0 aromatic rings. The minimum Gasteiger partial charge on any atom is -0.349 e. The quantitative estimate of drug-likeness (QED) is 0.441. The van der Waals surface area contributed by atoms with Crippen LogP contribution >= 0.6 is 0 Å². The van der Waals surface area contributed by atoms with E-state index in [4.69, 9.17) is 9.47 Å². The summed E-state index contributed by atoms with van der Waals surface area (Å²) in [5.74, 6) is 0.256. The van der Waals surface area contributed by atoms with Crippen molar-refractivity contribution in [2.24, 2.45) is 10.8 Å². The third-order valence-corrected chi connectivity index (χ3v) is 6.91. The molecule has 0 amide bonds. The lowest BCUT2D eigenvalue weighted by atomic mass is 9.70. The van der Waals surface area contributed by atoms with Crippen molar-refractivity contribution >= 4 is 5.78 Å². The second-order valence-corrected chi connectivity index (χ2v) is 9.75. The fourth-order valence-corrected chi connectivity index (χ4v) is 4.62. The minimum atomic E-state index is -0.338. The van der Waals surface area contributed by atoms with E-state index in [2.05, 4.69) is 27.7 Å². The summed E-state index contributed by atoms with van der Waals surface area (Å²) in [5.41, 5.74) is -0.473.